The zero-order chi connectivity index (χ0) is 19.2. The Morgan fingerprint density at radius 2 is 1.41 bits per heavy atom. The first-order valence-corrected chi connectivity index (χ1v) is 9.04. The molecule has 0 aliphatic heterocycles. The summed E-state index contributed by atoms with van der Waals surface area (Å²) in [6.45, 7) is 1.43. The molecular formula is C20H17N3O3S. The molecule has 1 aromatic heterocycles. The zero-order valence-corrected chi connectivity index (χ0v) is 15.3. The molecule has 0 saturated carbocycles. The van der Waals surface area contributed by atoms with Crippen LogP contribution in [0.3, 0.4) is 0 Å². The maximum atomic E-state index is 12.6. The predicted octanol–water partition coefficient (Wildman–Crippen LogP) is 4.21. The molecule has 3 aromatic rings. The van der Waals surface area contributed by atoms with Crippen molar-refractivity contribution < 1.29 is 14.4 Å². The largest absolute Gasteiger partial charge is 0.326 e. The van der Waals surface area contributed by atoms with Crippen LogP contribution in [0.2, 0.25) is 0 Å². The van der Waals surface area contributed by atoms with E-state index < -0.39 is 0 Å². The van der Waals surface area contributed by atoms with Gasteiger partial charge in [-0.3, -0.25) is 14.4 Å². The van der Waals surface area contributed by atoms with Crippen LogP contribution < -0.4 is 16.0 Å². The molecule has 0 aliphatic carbocycles. The van der Waals surface area contributed by atoms with E-state index in [1.807, 2.05) is 5.38 Å². The van der Waals surface area contributed by atoms with Crippen molar-refractivity contribution in [3.05, 3.63) is 76.5 Å². The molecule has 1 heterocycles. The number of nitrogens with one attached hydrogen (secondary N) is 3. The number of carbonyl (C=O) groups is 3. The lowest BCUT2D eigenvalue weighted by Gasteiger charge is -2.11. The van der Waals surface area contributed by atoms with Crippen LogP contribution in [0.25, 0.3) is 0 Å². The van der Waals surface area contributed by atoms with Crippen molar-refractivity contribution in [2.75, 3.05) is 16.0 Å². The molecule has 3 rings (SSSR count). The minimum atomic E-state index is -0.343. The molecule has 0 fully saturated rings. The van der Waals surface area contributed by atoms with E-state index in [0.717, 1.165) is 0 Å². The van der Waals surface area contributed by atoms with Gasteiger partial charge in [0.1, 0.15) is 0 Å². The average Bonchev–Trinajstić information content (AvgIpc) is 3.18. The summed E-state index contributed by atoms with van der Waals surface area (Å²) in [6, 6.07) is 17.1. The molecule has 0 radical (unpaired) electrons. The third kappa shape index (κ3) is 4.80. The van der Waals surface area contributed by atoms with Gasteiger partial charge < -0.3 is 16.0 Å². The van der Waals surface area contributed by atoms with Crippen molar-refractivity contribution in [1.29, 1.82) is 0 Å². The van der Waals surface area contributed by atoms with Crippen molar-refractivity contribution in [1.82, 2.24) is 0 Å². The van der Waals surface area contributed by atoms with Crippen LogP contribution in [0, 0.1) is 0 Å². The molecular weight excluding hydrogens is 362 g/mol. The second-order valence-electron chi connectivity index (χ2n) is 5.69. The molecule has 3 amide bonds. The van der Waals surface area contributed by atoms with Gasteiger partial charge in [-0.2, -0.15) is 0 Å². The summed E-state index contributed by atoms with van der Waals surface area (Å²) >= 11 is 1.33. The molecule has 3 N–H and O–H groups in total. The SMILES string of the molecule is CC(=O)Nc1ccc(NC(=O)c2ccccc2NC(=O)c2cccs2)cc1. The number of thiophene rings is 1. The highest BCUT2D eigenvalue weighted by atomic mass is 32.1. The van der Waals surface area contributed by atoms with Crippen molar-refractivity contribution in [3.8, 4) is 0 Å². The fourth-order valence-electron chi connectivity index (χ4n) is 2.42. The van der Waals surface area contributed by atoms with E-state index in [4.69, 9.17) is 0 Å². The first-order valence-electron chi connectivity index (χ1n) is 8.16. The molecule has 0 aliphatic rings. The lowest BCUT2D eigenvalue weighted by atomic mass is 10.1. The lowest BCUT2D eigenvalue weighted by Crippen LogP contribution is -2.17. The van der Waals surface area contributed by atoms with Crippen LogP contribution in [0.4, 0.5) is 17.1 Å². The Morgan fingerprint density at radius 1 is 0.741 bits per heavy atom. The molecule has 0 unspecified atom stereocenters. The number of hydrogen-bond donors (Lipinski definition) is 3. The molecule has 27 heavy (non-hydrogen) atoms. The summed E-state index contributed by atoms with van der Waals surface area (Å²) in [5, 5.41) is 10.0. The third-order valence-electron chi connectivity index (χ3n) is 3.63. The molecule has 7 heteroatoms. The number of para-hydroxylation sites is 1. The van der Waals surface area contributed by atoms with Crippen molar-refractivity contribution >= 4 is 46.1 Å². The zero-order valence-electron chi connectivity index (χ0n) is 14.5. The van der Waals surface area contributed by atoms with Crippen LogP contribution in [-0.2, 0) is 4.79 Å². The minimum absolute atomic E-state index is 0.165. The average molecular weight is 379 g/mol. The summed E-state index contributed by atoms with van der Waals surface area (Å²) in [6.07, 6.45) is 0. The first kappa shape index (κ1) is 18.3. The van der Waals surface area contributed by atoms with Crippen LogP contribution in [0.15, 0.2) is 66.0 Å². The summed E-state index contributed by atoms with van der Waals surface area (Å²) in [7, 11) is 0. The Hall–Kier alpha value is -3.45. The highest BCUT2D eigenvalue weighted by molar-refractivity contribution is 7.12. The Kier molecular flexibility index (Phi) is 5.63. The van der Waals surface area contributed by atoms with Gasteiger partial charge in [0.15, 0.2) is 0 Å². The second-order valence-corrected chi connectivity index (χ2v) is 6.64. The van der Waals surface area contributed by atoms with E-state index in [9.17, 15) is 14.4 Å². The summed E-state index contributed by atoms with van der Waals surface area (Å²) in [5.74, 6) is -0.767. The topological polar surface area (TPSA) is 87.3 Å². The fourth-order valence-corrected chi connectivity index (χ4v) is 3.04. The number of benzene rings is 2. The van der Waals surface area contributed by atoms with Gasteiger partial charge in [-0.1, -0.05) is 18.2 Å². The number of hydrogen-bond acceptors (Lipinski definition) is 4. The summed E-state index contributed by atoms with van der Waals surface area (Å²) in [4.78, 5) is 36.5. The number of rotatable bonds is 5. The van der Waals surface area contributed by atoms with Gasteiger partial charge in [0, 0.05) is 18.3 Å². The Labute approximate surface area is 160 Å². The van der Waals surface area contributed by atoms with Gasteiger partial charge in [-0.15, -0.1) is 11.3 Å². The van der Waals surface area contributed by atoms with E-state index in [0.29, 0.717) is 27.5 Å². The maximum Gasteiger partial charge on any atom is 0.265 e. The van der Waals surface area contributed by atoms with Crippen LogP contribution in [-0.4, -0.2) is 17.7 Å². The Bertz CT molecular complexity index is 966. The molecule has 6 nitrogen and oxygen atoms in total. The van der Waals surface area contributed by atoms with Crippen molar-refractivity contribution in [3.63, 3.8) is 0 Å². The van der Waals surface area contributed by atoms with E-state index >= 15 is 0 Å². The van der Waals surface area contributed by atoms with E-state index in [2.05, 4.69) is 16.0 Å². The van der Waals surface area contributed by atoms with E-state index in [-0.39, 0.29) is 17.7 Å². The summed E-state index contributed by atoms with van der Waals surface area (Å²) < 4.78 is 0. The van der Waals surface area contributed by atoms with E-state index in [1.165, 1.54) is 18.3 Å². The van der Waals surface area contributed by atoms with Crippen molar-refractivity contribution in [2.45, 2.75) is 6.92 Å². The highest BCUT2D eigenvalue weighted by Gasteiger charge is 2.14. The van der Waals surface area contributed by atoms with Crippen LogP contribution >= 0.6 is 11.3 Å². The first-order chi connectivity index (χ1) is 13.0. The second kappa shape index (κ2) is 8.29. The van der Waals surface area contributed by atoms with Gasteiger partial charge in [0.2, 0.25) is 5.91 Å². The molecule has 136 valence electrons. The fraction of sp³-hybridized carbons (Fsp3) is 0.0500. The maximum absolute atomic E-state index is 12.6. The Morgan fingerprint density at radius 3 is 2.04 bits per heavy atom. The monoisotopic (exact) mass is 379 g/mol. The number of anilines is 3. The lowest BCUT2D eigenvalue weighted by molar-refractivity contribution is -0.114. The molecule has 0 spiro atoms. The Balaban J connectivity index is 1.73. The highest BCUT2D eigenvalue weighted by Crippen LogP contribution is 2.20. The third-order valence-corrected chi connectivity index (χ3v) is 4.50. The normalized spacial score (nSPS) is 10.1. The predicted molar refractivity (Wildman–Crippen MR) is 107 cm³/mol. The quantitative estimate of drug-likeness (QED) is 0.620. The molecule has 0 atom stereocenters. The number of amides is 3. The molecule has 0 bridgehead atoms. The van der Waals surface area contributed by atoms with Crippen LogP contribution in [0.1, 0.15) is 27.0 Å². The van der Waals surface area contributed by atoms with Crippen molar-refractivity contribution in [2.24, 2.45) is 0 Å². The van der Waals surface area contributed by atoms with Gasteiger partial charge in [-0.05, 0) is 47.8 Å². The number of carbonyl (C=O) groups excluding carboxylic acids is 3. The van der Waals surface area contributed by atoms with Gasteiger partial charge in [-0.25, -0.2) is 0 Å². The smallest absolute Gasteiger partial charge is 0.265 e. The van der Waals surface area contributed by atoms with Gasteiger partial charge >= 0.3 is 0 Å². The van der Waals surface area contributed by atoms with Gasteiger partial charge in [0.25, 0.3) is 11.8 Å². The molecule has 2 aromatic carbocycles. The molecule has 0 saturated heterocycles. The minimum Gasteiger partial charge on any atom is -0.326 e. The standard InChI is InChI=1S/C20H17N3O3S/c1-13(24)21-14-8-10-15(11-9-14)22-19(25)16-5-2-3-6-17(16)23-20(26)18-7-4-12-27-18/h2-12H,1H3,(H,21,24)(H,22,25)(H,23,26). The van der Waals surface area contributed by atoms with Crippen LogP contribution in [0.5, 0.6) is 0 Å². The summed E-state index contributed by atoms with van der Waals surface area (Å²) in [5.41, 5.74) is 2.01. The van der Waals surface area contributed by atoms with Gasteiger partial charge in [0.05, 0.1) is 16.1 Å². The van der Waals surface area contributed by atoms with E-state index in [1.54, 1.807) is 60.7 Å².